The number of hydrogen-bond acceptors (Lipinski definition) is 4. The van der Waals surface area contributed by atoms with Crippen molar-refractivity contribution in [2.24, 2.45) is 7.05 Å². The summed E-state index contributed by atoms with van der Waals surface area (Å²) in [6.45, 7) is 7.10. The van der Waals surface area contributed by atoms with Gasteiger partial charge < -0.3 is 5.73 Å². The van der Waals surface area contributed by atoms with Crippen molar-refractivity contribution in [1.29, 1.82) is 0 Å². The highest BCUT2D eigenvalue weighted by molar-refractivity contribution is 7.92. The van der Waals surface area contributed by atoms with Crippen molar-refractivity contribution in [3.05, 3.63) is 34.6 Å². The molecule has 2 aromatic rings. The van der Waals surface area contributed by atoms with Crippen molar-refractivity contribution in [2.75, 3.05) is 10.5 Å². The van der Waals surface area contributed by atoms with Crippen molar-refractivity contribution < 1.29 is 8.42 Å². The fourth-order valence-corrected chi connectivity index (χ4v) is 4.02. The van der Waals surface area contributed by atoms with Gasteiger partial charge in [0.1, 0.15) is 0 Å². The van der Waals surface area contributed by atoms with E-state index >= 15 is 0 Å². The molecule has 0 unspecified atom stereocenters. The molecule has 0 saturated heterocycles. The van der Waals surface area contributed by atoms with Crippen LogP contribution >= 0.6 is 0 Å². The van der Waals surface area contributed by atoms with E-state index in [0.717, 1.165) is 5.56 Å². The second-order valence-electron chi connectivity index (χ2n) is 5.27. The SMILES string of the molecule is Cc1cc(N)c(C)c(S(=O)(=O)Nc2cn(C)nc2C)c1C. The summed E-state index contributed by atoms with van der Waals surface area (Å²) >= 11 is 0. The van der Waals surface area contributed by atoms with Gasteiger partial charge in [-0.25, -0.2) is 8.42 Å². The van der Waals surface area contributed by atoms with Crippen molar-refractivity contribution >= 4 is 21.4 Å². The van der Waals surface area contributed by atoms with Gasteiger partial charge in [0.15, 0.2) is 0 Å². The molecule has 0 aliphatic rings. The molecule has 0 radical (unpaired) electrons. The Labute approximate surface area is 125 Å². The van der Waals surface area contributed by atoms with Crippen LogP contribution < -0.4 is 10.5 Å². The molecule has 1 heterocycles. The Bertz CT molecular complexity index is 781. The minimum absolute atomic E-state index is 0.239. The van der Waals surface area contributed by atoms with Crippen LogP contribution in [0.2, 0.25) is 0 Å². The standard InChI is InChI=1S/C14H20N4O2S/c1-8-6-12(15)10(3)14(9(8)2)21(19,20)17-13-7-18(5)16-11(13)4/h6-7,17H,15H2,1-5H3. The van der Waals surface area contributed by atoms with Crippen LogP contribution in [0.1, 0.15) is 22.4 Å². The monoisotopic (exact) mass is 308 g/mol. The highest BCUT2D eigenvalue weighted by Gasteiger charge is 2.23. The number of hydrogen-bond donors (Lipinski definition) is 2. The molecule has 0 spiro atoms. The third-order valence-electron chi connectivity index (χ3n) is 3.60. The Balaban J connectivity index is 2.58. The van der Waals surface area contributed by atoms with E-state index < -0.39 is 10.0 Å². The lowest BCUT2D eigenvalue weighted by Crippen LogP contribution is -2.17. The predicted molar refractivity (Wildman–Crippen MR) is 83.8 cm³/mol. The summed E-state index contributed by atoms with van der Waals surface area (Å²) in [7, 11) is -1.97. The summed E-state index contributed by atoms with van der Waals surface area (Å²) < 4.78 is 29.6. The molecule has 0 fully saturated rings. The molecule has 0 amide bonds. The molecule has 0 aliphatic heterocycles. The molecule has 0 atom stereocenters. The first-order valence-electron chi connectivity index (χ1n) is 6.53. The average molecular weight is 308 g/mol. The van der Waals surface area contributed by atoms with Gasteiger partial charge in [-0.05, 0) is 50.5 Å². The number of anilines is 2. The molecule has 114 valence electrons. The van der Waals surface area contributed by atoms with E-state index in [0.29, 0.717) is 28.2 Å². The summed E-state index contributed by atoms with van der Waals surface area (Å²) in [5.74, 6) is 0. The maximum atomic E-state index is 12.7. The number of benzene rings is 1. The van der Waals surface area contributed by atoms with Crippen molar-refractivity contribution in [1.82, 2.24) is 9.78 Å². The Kier molecular flexibility index (Phi) is 3.71. The topological polar surface area (TPSA) is 90.0 Å². The van der Waals surface area contributed by atoms with Crippen LogP contribution in [-0.2, 0) is 17.1 Å². The quantitative estimate of drug-likeness (QED) is 0.849. The van der Waals surface area contributed by atoms with Crippen molar-refractivity contribution in [3.8, 4) is 0 Å². The summed E-state index contributed by atoms with van der Waals surface area (Å²) in [6, 6.07) is 1.79. The smallest absolute Gasteiger partial charge is 0.262 e. The first-order chi connectivity index (χ1) is 9.63. The molecule has 21 heavy (non-hydrogen) atoms. The van der Waals surface area contributed by atoms with Crippen LogP contribution in [0.15, 0.2) is 17.2 Å². The summed E-state index contributed by atoms with van der Waals surface area (Å²) in [5, 5.41) is 4.13. The van der Waals surface area contributed by atoms with E-state index in [-0.39, 0.29) is 4.90 Å². The van der Waals surface area contributed by atoms with E-state index in [1.54, 1.807) is 44.8 Å². The van der Waals surface area contributed by atoms with Gasteiger partial charge in [-0.1, -0.05) is 0 Å². The maximum Gasteiger partial charge on any atom is 0.262 e. The zero-order valence-corrected chi connectivity index (χ0v) is 13.7. The Hall–Kier alpha value is -2.02. The third-order valence-corrected chi connectivity index (χ3v) is 5.24. The van der Waals surface area contributed by atoms with Gasteiger partial charge in [-0.2, -0.15) is 5.10 Å². The Morgan fingerprint density at radius 3 is 2.33 bits per heavy atom. The molecule has 0 aliphatic carbocycles. The van der Waals surface area contributed by atoms with Gasteiger partial charge in [0.05, 0.1) is 16.3 Å². The molecule has 1 aromatic carbocycles. The second-order valence-corrected chi connectivity index (χ2v) is 6.89. The number of nitrogens with two attached hydrogens (primary N) is 1. The van der Waals surface area contributed by atoms with E-state index in [1.807, 2.05) is 6.92 Å². The van der Waals surface area contributed by atoms with Crippen molar-refractivity contribution in [3.63, 3.8) is 0 Å². The largest absolute Gasteiger partial charge is 0.398 e. The third kappa shape index (κ3) is 2.73. The number of nitrogen functional groups attached to an aromatic ring is 1. The lowest BCUT2D eigenvalue weighted by molar-refractivity contribution is 0.600. The van der Waals surface area contributed by atoms with E-state index in [4.69, 9.17) is 5.73 Å². The molecule has 0 bridgehead atoms. The zero-order valence-electron chi connectivity index (χ0n) is 12.9. The Morgan fingerprint density at radius 2 is 1.81 bits per heavy atom. The van der Waals surface area contributed by atoms with Gasteiger partial charge in [0.25, 0.3) is 10.0 Å². The predicted octanol–water partition coefficient (Wildman–Crippen LogP) is 2.04. The fourth-order valence-electron chi connectivity index (χ4n) is 2.34. The van der Waals surface area contributed by atoms with Crippen LogP contribution in [0.3, 0.4) is 0 Å². The van der Waals surface area contributed by atoms with Crippen LogP contribution in [0.5, 0.6) is 0 Å². The second kappa shape index (κ2) is 5.07. The fraction of sp³-hybridized carbons (Fsp3) is 0.357. The summed E-state index contributed by atoms with van der Waals surface area (Å²) in [5.41, 5.74) is 9.59. The molecule has 2 rings (SSSR count). The minimum Gasteiger partial charge on any atom is -0.398 e. The van der Waals surface area contributed by atoms with Crippen molar-refractivity contribution in [2.45, 2.75) is 32.6 Å². The molecular formula is C14H20N4O2S. The maximum absolute atomic E-state index is 12.7. The van der Waals surface area contributed by atoms with E-state index in [1.165, 1.54) is 0 Å². The summed E-state index contributed by atoms with van der Waals surface area (Å²) in [4.78, 5) is 0.239. The van der Waals surface area contributed by atoms with Crippen LogP contribution in [-0.4, -0.2) is 18.2 Å². The number of aromatic nitrogens is 2. The Morgan fingerprint density at radius 1 is 1.19 bits per heavy atom. The van der Waals surface area contributed by atoms with E-state index in [9.17, 15) is 8.42 Å². The summed E-state index contributed by atoms with van der Waals surface area (Å²) in [6.07, 6.45) is 1.64. The van der Waals surface area contributed by atoms with Crippen LogP contribution in [0.25, 0.3) is 0 Å². The first kappa shape index (κ1) is 15.4. The molecule has 6 nitrogen and oxygen atoms in total. The lowest BCUT2D eigenvalue weighted by atomic mass is 10.1. The van der Waals surface area contributed by atoms with E-state index in [2.05, 4.69) is 9.82 Å². The van der Waals surface area contributed by atoms with Gasteiger partial charge in [0.2, 0.25) is 0 Å². The highest BCUT2D eigenvalue weighted by atomic mass is 32.2. The first-order valence-corrected chi connectivity index (χ1v) is 8.01. The van der Waals surface area contributed by atoms with Gasteiger partial charge in [-0.15, -0.1) is 0 Å². The number of aryl methyl sites for hydroxylation is 3. The van der Waals surface area contributed by atoms with Gasteiger partial charge >= 0.3 is 0 Å². The zero-order chi connectivity index (χ0) is 15.9. The highest BCUT2D eigenvalue weighted by Crippen LogP contribution is 2.29. The molecule has 7 heteroatoms. The number of nitrogens with one attached hydrogen (secondary N) is 1. The molecule has 3 N–H and O–H groups in total. The number of nitrogens with zero attached hydrogens (tertiary/aromatic N) is 2. The number of rotatable bonds is 3. The van der Waals surface area contributed by atoms with Crippen LogP contribution in [0.4, 0.5) is 11.4 Å². The molecule has 1 aromatic heterocycles. The molecular weight excluding hydrogens is 288 g/mol. The van der Waals surface area contributed by atoms with Crippen LogP contribution in [0, 0.1) is 27.7 Å². The van der Waals surface area contributed by atoms with Gasteiger partial charge in [0, 0.05) is 18.9 Å². The average Bonchev–Trinajstić information content (AvgIpc) is 2.64. The van der Waals surface area contributed by atoms with Gasteiger partial charge in [-0.3, -0.25) is 9.40 Å². The number of sulfonamides is 1. The lowest BCUT2D eigenvalue weighted by Gasteiger charge is -2.16. The molecule has 0 saturated carbocycles. The normalized spacial score (nSPS) is 11.7. The minimum atomic E-state index is -3.71.